The number of hydrogen-bond acceptors (Lipinski definition) is 7. The molecule has 0 saturated carbocycles. The van der Waals surface area contributed by atoms with E-state index < -0.39 is 28.4 Å². The standard InChI is InChI=1S/C21H22N4O4S2.CH5N/c22-11-17-8-9-18(30-17)12-23-20(26)13-24-21(27)14-25-31(28,29)19-7-3-6-15-4-1-2-5-16(15)10-19;1-2/h1-2,4-11,22,25H,3,12-14H2,(H,23,26)(H,24,27);2H2,1H3. The van der Waals surface area contributed by atoms with Crippen molar-refractivity contribution in [1.82, 2.24) is 15.4 Å². The van der Waals surface area contributed by atoms with Gasteiger partial charge < -0.3 is 21.8 Å². The number of nitrogens with two attached hydrogens (primary N) is 1. The number of nitrogens with one attached hydrogen (secondary N) is 4. The Hall–Kier alpha value is -3.12. The van der Waals surface area contributed by atoms with Crippen LogP contribution in [0, 0.1) is 5.41 Å². The summed E-state index contributed by atoms with van der Waals surface area (Å²) in [6, 6.07) is 11.0. The number of rotatable bonds is 9. The lowest BCUT2D eigenvalue weighted by Gasteiger charge is -2.09. The van der Waals surface area contributed by atoms with Crippen LogP contribution in [0.15, 0.2) is 47.4 Å². The van der Waals surface area contributed by atoms with Crippen LogP contribution in [0.4, 0.5) is 0 Å². The molecule has 0 saturated heterocycles. The van der Waals surface area contributed by atoms with E-state index >= 15 is 0 Å². The van der Waals surface area contributed by atoms with Gasteiger partial charge in [-0.25, -0.2) is 13.1 Å². The maximum absolute atomic E-state index is 12.6. The molecule has 0 bridgehead atoms. The minimum Gasteiger partial charge on any atom is -0.350 e. The normalized spacial score (nSPS) is 12.4. The van der Waals surface area contributed by atoms with Gasteiger partial charge in [0.2, 0.25) is 21.8 Å². The Morgan fingerprint density at radius 2 is 1.73 bits per heavy atom. The average molecular weight is 490 g/mol. The second-order valence-corrected chi connectivity index (χ2v) is 9.61. The summed E-state index contributed by atoms with van der Waals surface area (Å²) >= 11 is 1.39. The summed E-state index contributed by atoms with van der Waals surface area (Å²) < 4.78 is 27.4. The van der Waals surface area contributed by atoms with Crippen molar-refractivity contribution >= 4 is 51.5 Å². The molecule has 0 aliphatic heterocycles. The molecule has 1 aromatic heterocycles. The molecule has 0 unspecified atom stereocenters. The Morgan fingerprint density at radius 3 is 2.42 bits per heavy atom. The molecule has 9 nitrogen and oxygen atoms in total. The van der Waals surface area contributed by atoms with Gasteiger partial charge in [-0.2, -0.15) is 0 Å². The van der Waals surface area contributed by atoms with E-state index in [0.29, 0.717) is 13.0 Å². The zero-order valence-electron chi connectivity index (χ0n) is 18.1. The first-order valence-electron chi connectivity index (χ1n) is 10.0. The highest BCUT2D eigenvalue weighted by molar-refractivity contribution is 7.93. The third-order valence-electron chi connectivity index (χ3n) is 4.41. The van der Waals surface area contributed by atoms with Crippen LogP contribution in [0.2, 0.25) is 0 Å². The van der Waals surface area contributed by atoms with E-state index in [0.717, 1.165) is 20.2 Å². The zero-order valence-corrected chi connectivity index (χ0v) is 19.8. The summed E-state index contributed by atoms with van der Waals surface area (Å²) in [6.45, 7) is -0.442. The fourth-order valence-corrected chi connectivity index (χ4v) is 4.69. The average Bonchev–Trinajstić information content (AvgIpc) is 3.18. The lowest BCUT2D eigenvalue weighted by molar-refractivity contribution is -0.125. The number of hydrogen-bond donors (Lipinski definition) is 5. The summed E-state index contributed by atoms with van der Waals surface area (Å²) in [6.07, 6.45) is 6.78. The second-order valence-electron chi connectivity index (χ2n) is 6.65. The maximum Gasteiger partial charge on any atom is 0.240 e. The van der Waals surface area contributed by atoms with E-state index in [1.807, 2.05) is 36.4 Å². The highest BCUT2D eigenvalue weighted by Gasteiger charge is 2.17. The minimum absolute atomic E-state index is 0.0967. The fraction of sp³-hybridized carbons (Fsp3) is 0.227. The highest BCUT2D eigenvalue weighted by Crippen LogP contribution is 2.13. The zero-order chi connectivity index (χ0) is 24.3. The van der Waals surface area contributed by atoms with Crippen LogP contribution in [-0.4, -0.2) is 46.6 Å². The van der Waals surface area contributed by atoms with Gasteiger partial charge in [-0.3, -0.25) is 9.59 Å². The van der Waals surface area contributed by atoms with E-state index in [4.69, 9.17) is 5.41 Å². The van der Waals surface area contributed by atoms with E-state index in [2.05, 4.69) is 21.1 Å². The van der Waals surface area contributed by atoms with Crippen molar-refractivity contribution < 1.29 is 18.0 Å². The van der Waals surface area contributed by atoms with Crippen molar-refractivity contribution in [3.05, 3.63) is 67.6 Å². The van der Waals surface area contributed by atoms with Gasteiger partial charge in [-0.05, 0) is 42.1 Å². The quantitative estimate of drug-likeness (QED) is 0.301. The van der Waals surface area contributed by atoms with Gasteiger partial charge in [0, 0.05) is 16.0 Å². The van der Waals surface area contributed by atoms with Crippen molar-refractivity contribution in [2.24, 2.45) is 5.73 Å². The van der Waals surface area contributed by atoms with Gasteiger partial charge >= 0.3 is 0 Å². The molecule has 1 aliphatic rings. The molecule has 1 heterocycles. The number of benzene rings is 1. The number of amides is 2. The summed E-state index contributed by atoms with van der Waals surface area (Å²) in [5.41, 5.74) is 4.50. The number of carbonyl (C=O) groups excluding carboxylic acids is 2. The molecule has 0 spiro atoms. The summed E-state index contributed by atoms with van der Waals surface area (Å²) in [7, 11) is -2.37. The first-order chi connectivity index (χ1) is 15.9. The SMILES string of the molecule is CN.N=Cc1ccc(CNC(=O)CNC(=O)CNS(=O)(=O)C2=CCC=c3ccccc3=C2)s1. The third kappa shape index (κ3) is 8.06. The molecule has 176 valence electrons. The number of thiophene rings is 1. The van der Waals surface area contributed by atoms with Gasteiger partial charge in [0.15, 0.2) is 0 Å². The van der Waals surface area contributed by atoms with Gasteiger partial charge in [0.05, 0.1) is 24.5 Å². The molecule has 2 amide bonds. The van der Waals surface area contributed by atoms with Crippen LogP contribution in [0.1, 0.15) is 16.2 Å². The molecule has 2 aromatic rings. The van der Waals surface area contributed by atoms with Gasteiger partial charge in [-0.1, -0.05) is 36.4 Å². The maximum atomic E-state index is 12.6. The van der Waals surface area contributed by atoms with Crippen molar-refractivity contribution in [3.8, 4) is 0 Å². The number of carbonyl (C=O) groups is 2. The third-order valence-corrected chi connectivity index (χ3v) is 6.88. The Labute approximate surface area is 196 Å². The number of allylic oxidation sites excluding steroid dienone is 2. The molecular formula is C22H27N5O4S2. The Bertz CT molecular complexity index is 1250. The molecule has 0 atom stereocenters. The van der Waals surface area contributed by atoms with Crippen molar-refractivity contribution in [2.75, 3.05) is 20.1 Å². The lowest BCUT2D eigenvalue weighted by atomic mass is 10.2. The molecule has 0 fully saturated rings. The predicted octanol–water partition coefficient (Wildman–Crippen LogP) is -0.479. The lowest BCUT2D eigenvalue weighted by Crippen LogP contribution is -2.42. The van der Waals surface area contributed by atoms with Crippen molar-refractivity contribution in [2.45, 2.75) is 13.0 Å². The Balaban J connectivity index is 0.00000187. The Kier molecular flexibility index (Phi) is 10.1. The summed E-state index contributed by atoms with van der Waals surface area (Å²) in [5.74, 6) is -1.00. The first kappa shape index (κ1) is 26.1. The molecule has 3 rings (SSSR count). The topological polar surface area (TPSA) is 154 Å². The van der Waals surface area contributed by atoms with Crippen LogP contribution < -0.4 is 31.5 Å². The number of sulfonamides is 1. The van der Waals surface area contributed by atoms with Crippen LogP contribution in [0.3, 0.4) is 0 Å². The summed E-state index contributed by atoms with van der Waals surface area (Å²) in [4.78, 5) is 25.6. The van der Waals surface area contributed by atoms with Crippen LogP contribution in [0.25, 0.3) is 12.2 Å². The van der Waals surface area contributed by atoms with E-state index in [1.54, 1.807) is 18.2 Å². The Morgan fingerprint density at radius 1 is 1.03 bits per heavy atom. The molecule has 33 heavy (non-hydrogen) atoms. The van der Waals surface area contributed by atoms with Crippen molar-refractivity contribution in [1.29, 1.82) is 5.41 Å². The van der Waals surface area contributed by atoms with E-state index in [9.17, 15) is 18.0 Å². The van der Waals surface area contributed by atoms with Gasteiger partial charge in [0.1, 0.15) is 0 Å². The van der Waals surface area contributed by atoms with Crippen LogP contribution >= 0.6 is 11.3 Å². The minimum atomic E-state index is -3.87. The monoisotopic (exact) mass is 489 g/mol. The molecule has 1 aromatic carbocycles. The molecule has 0 radical (unpaired) electrons. The molecule has 1 aliphatic carbocycles. The summed E-state index contributed by atoms with van der Waals surface area (Å²) in [5, 5.41) is 14.0. The molecule has 11 heteroatoms. The smallest absolute Gasteiger partial charge is 0.240 e. The van der Waals surface area contributed by atoms with Crippen molar-refractivity contribution in [3.63, 3.8) is 0 Å². The highest BCUT2D eigenvalue weighted by atomic mass is 32.2. The van der Waals surface area contributed by atoms with Gasteiger partial charge in [0.25, 0.3) is 0 Å². The second kappa shape index (κ2) is 12.8. The fourth-order valence-electron chi connectivity index (χ4n) is 2.83. The van der Waals surface area contributed by atoms with Crippen LogP contribution in [-0.2, 0) is 26.2 Å². The van der Waals surface area contributed by atoms with E-state index in [1.165, 1.54) is 24.6 Å². The number of fused-ring (bicyclic) bond motifs is 1. The molecule has 6 N–H and O–H groups in total. The van der Waals surface area contributed by atoms with E-state index in [-0.39, 0.29) is 11.4 Å². The van der Waals surface area contributed by atoms with Crippen LogP contribution in [0.5, 0.6) is 0 Å². The largest absolute Gasteiger partial charge is 0.350 e. The first-order valence-corrected chi connectivity index (χ1v) is 12.3. The van der Waals surface area contributed by atoms with Gasteiger partial charge in [-0.15, -0.1) is 11.3 Å². The molecular weight excluding hydrogens is 462 g/mol. The predicted molar refractivity (Wildman–Crippen MR) is 131 cm³/mol.